The normalized spacial score (nSPS) is 11.0. The first-order valence-electron chi connectivity index (χ1n) is 7.12. The maximum absolute atomic E-state index is 12.4. The molecule has 2 aromatic rings. The number of ether oxygens (including phenoxy) is 2. The second-order valence-corrected chi connectivity index (χ2v) is 4.88. The lowest BCUT2D eigenvalue weighted by Crippen LogP contribution is -2.28. The third-order valence-electron chi connectivity index (χ3n) is 3.35. The number of methoxy groups -OCH3 is 2. The van der Waals surface area contributed by atoms with Crippen LogP contribution in [0.25, 0.3) is 0 Å². The molecule has 24 heavy (non-hydrogen) atoms. The Labute approximate surface area is 139 Å². The van der Waals surface area contributed by atoms with Crippen molar-refractivity contribution in [2.75, 3.05) is 19.5 Å². The summed E-state index contributed by atoms with van der Waals surface area (Å²) in [5.74, 6) is -1.70. The number of nitriles is 1. The first kappa shape index (κ1) is 17.0. The van der Waals surface area contributed by atoms with Crippen LogP contribution in [0.4, 0.5) is 5.69 Å². The van der Waals surface area contributed by atoms with Crippen molar-refractivity contribution in [2.45, 2.75) is 0 Å². The molecule has 0 radical (unpaired) electrons. The minimum absolute atomic E-state index is 0.238. The Balaban J connectivity index is 2.18. The van der Waals surface area contributed by atoms with E-state index in [0.29, 0.717) is 17.2 Å². The quantitative estimate of drug-likeness (QED) is 0.652. The summed E-state index contributed by atoms with van der Waals surface area (Å²) in [5.41, 5.74) is 0.680. The summed E-state index contributed by atoms with van der Waals surface area (Å²) >= 11 is 0. The van der Waals surface area contributed by atoms with Crippen molar-refractivity contribution in [1.82, 2.24) is 0 Å². The fourth-order valence-electron chi connectivity index (χ4n) is 2.09. The number of rotatable bonds is 6. The Kier molecular flexibility index (Phi) is 5.53. The molecular formula is C18H16N2O4. The molecule has 0 aliphatic rings. The maximum Gasteiger partial charge on any atom is 0.249 e. The van der Waals surface area contributed by atoms with Crippen LogP contribution in [0.5, 0.6) is 11.5 Å². The van der Waals surface area contributed by atoms with Crippen molar-refractivity contribution < 1.29 is 19.1 Å². The van der Waals surface area contributed by atoms with Gasteiger partial charge in [0.15, 0.2) is 11.7 Å². The van der Waals surface area contributed by atoms with Gasteiger partial charge < -0.3 is 14.8 Å². The van der Waals surface area contributed by atoms with E-state index in [4.69, 9.17) is 9.47 Å². The van der Waals surface area contributed by atoms with Crippen molar-refractivity contribution >= 4 is 17.4 Å². The van der Waals surface area contributed by atoms with E-state index in [1.807, 2.05) is 0 Å². The molecule has 0 fully saturated rings. The number of nitrogens with zero attached hydrogens (tertiary/aromatic N) is 1. The van der Waals surface area contributed by atoms with Gasteiger partial charge in [0.2, 0.25) is 5.91 Å². The number of anilines is 1. The number of hydrogen-bond acceptors (Lipinski definition) is 5. The molecular weight excluding hydrogens is 308 g/mol. The summed E-state index contributed by atoms with van der Waals surface area (Å²) in [7, 11) is 2.98. The monoisotopic (exact) mass is 324 g/mol. The van der Waals surface area contributed by atoms with Crippen LogP contribution in [-0.4, -0.2) is 25.9 Å². The zero-order valence-corrected chi connectivity index (χ0v) is 13.3. The Morgan fingerprint density at radius 2 is 1.67 bits per heavy atom. The largest absolute Gasteiger partial charge is 0.497 e. The third-order valence-corrected chi connectivity index (χ3v) is 3.35. The molecule has 0 saturated heterocycles. The lowest BCUT2D eigenvalue weighted by Gasteiger charge is -2.11. The molecule has 122 valence electrons. The van der Waals surface area contributed by atoms with Crippen LogP contribution in [0, 0.1) is 17.2 Å². The summed E-state index contributed by atoms with van der Waals surface area (Å²) in [6, 6.07) is 14.7. The Hall–Kier alpha value is -3.33. The summed E-state index contributed by atoms with van der Waals surface area (Å²) in [6.07, 6.45) is 0. The SMILES string of the molecule is COc1cccc(NC(=O)C(C#N)C(=O)c2cccc(OC)c2)c1. The second-order valence-electron chi connectivity index (χ2n) is 4.88. The van der Waals surface area contributed by atoms with E-state index in [0.717, 1.165) is 0 Å². The number of nitrogens with one attached hydrogen (secondary N) is 1. The lowest BCUT2D eigenvalue weighted by atomic mass is 9.97. The van der Waals surface area contributed by atoms with Crippen molar-refractivity contribution in [3.63, 3.8) is 0 Å². The molecule has 1 unspecified atom stereocenters. The van der Waals surface area contributed by atoms with E-state index in [1.54, 1.807) is 42.5 Å². The van der Waals surface area contributed by atoms with Gasteiger partial charge in [-0.2, -0.15) is 5.26 Å². The zero-order chi connectivity index (χ0) is 17.5. The smallest absolute Gasteiger partial charge is 0.249 e. The van der Waals surface area contributed by atoms with Crippen LogP contribution < -0.4 is 14.8 Å². The minimum atomic E-state index is -1.46. The highest BCUT2D eigenvalue weighted by Gasteiger charge is 2.28. The van der Waals surface area contributed by atoms with Crippen molar-refractivity contribution in [1.29, 1.82) is 5.26 Å². The van der Waals surface area contributed by atoms with Gasteiger partial charge in [-0.25, -0.2) is 0 Å². The topological polar surface area (TPSA) is 88.4 Å². The molecule has 0 aliphatic heterocycles. The van der Waals surface area contributed by atoms with Gasteiger partial charge in [-0.05, 0) is 24.3 Å². The first-order valence-corrected chi connectivity index (χ1v) is 7.12. The van der Waals surface area contributed by atoms with Crippen molar-refractivity contribution in [3.8, 4) is 17.6 Å². The number of carbonyl (C=O) groups is 2. The van der Waals surface area contributed by atoms with Gasteiger partial charge in [0, 0.05) is 17.3 Å². The highest BCUT2D eigenvalue weighted by atomic mass is 16.5. The fourth-order valence-corrected chi connectivity index (χ4v) is 2.09. The number of hydrogen-bond donors (Lipinski definition) is 1. The molecule has 6 nitrogen and oxygen atoms in total. The molecule has 0 heterocycles. The predicted molar refractivity (Wildman–Crippen MR) is 88.1 cm³/mol. The van der Waals surface area contributed by atoms with Gasteiger partial charge in [0.25, 0.3) is 0 Å². The zero-order valence-electron chi connectivity index (χ0n) is 13.3. The van der Waals surface area contributed by atoms with E-state index in [-0.39, 0.29) is 5.56 Å². The number of Topliss-reactive ketones (excluding diaryl/α,β-unsaturated/α-hetero) is 1. The van der Waals surface area contributed by atoms with Gasteiger partial charge in [-0.3, -0.25) is 9.59 Å². The van der Waals surface area contributed by atoms with Gasteiger partial charge in [0.1, 0.15) is 11.5 Å². The molecule has 2 aromatic carbocycles. The first-order chi connectivity index (χ1) is 11.6. The van der Waals surface area contributed by atoms with Crippen LogP contribution in [-0.2, 0) is 4.79 Å². The predicted octanol–water partition coefficient (Wildman–Crippen LogP) is 2.66. The average molecular weight is 324 g/mol. The fraction of sp³-hybridized carbons (Fsp3) is 0.167. The molecule has 0 spiro atoms. The molecule has 6 heteroatoms. The van der Waals surface area contributed by atoms with Gasteiger partial charge in [-0.15, -0.1) is 0 Å². The number of amides is 1. The molecule has 0 aromatic heterocycles. The van der Waals surface area contributed by atoms with E-state index >= 15 is 0 Å². The molecule has 0 saturated carbocycles. The van der Waals surface area contributed by atoms with E-state index in [1.165, 1.54) is 26.4 Å². The van der Waals surface area contributed by atoms with Crippen molar-refractivity contribution in [3.05, 3.63) is 54.1 Å². The summed E-state index contributed by atoms with van der Waals surface area (Å²) in [5, 5.41) is 11.8. The Morgan fingerprint density at radius 1 is 1.04 bits per heavy atom. The molecule has 0 aliphatic carbocycles. The van der Waals surface area contributed by atoms with Crippen LogP contribution in [0.3, 0.4) is 0 Å². The van der Waals surface area contributed by atoms with Crippen molar-refractivity contribution in [2.24, 2.45) is 5.92 Å². The highest BCUT2D eigenvalue weighted by molar-refractivity contribution is 6.15. The van der Waals surface area contributed by atoms with Gasteiger partial charge >= 0.3 is 0 Å². The Bertz CT molecular complexity index is 796. The minimum Gasteiger partial charge on any atom is -0.497 e. The summed E-state index contributed by atoms with van der Waals surface area (Å²) < 4.78 is 10.1. The lowest BCUT2D eigenvalue weighted by molar-refractivity contribution is -0.117. The standard InChI is InChI=1S/C18H16N2O4/c1-23-14-7-3-5-12(9-14)17(21)16(11-19)18(22)20-13-6-4-8-15(10-13)24-2/h3-10,16H,1-2H3,(H,20,22). The summed E-state index contributed by atoms with van der Waals surface area (Å²) in [4.78, 5) is 24.7. The average Bonchev–Trinajstić information content (AvgIpc) is 2.62. The maximum atomic E-state index is 12.4. The Morgan fingerprint density at radius 3 is 2.29 bits per heavy atom. The van der Waals surface area contributed by atoms with Gasteiger partial charge in [-0.1, -0.05) is 18.2 Å². The van der Waals surface area contributed by atoms with E-state index in [2.05, 4.69) is 5.32 Å². The second kappa shape index (κ2) is 7.79. The van der Waals surface area contributed by atoms with Crippen LogP contribution in [0.1, 0.15) is 10.4 Å². The number of carbonyl (C=O) groups excluding carboxylic acids is 2. The molecule has 0 bridgehead atoms. The van der Waals surface area contributed by atoms with E-state index in [9.17, 15) is 14.9 Å². The number of ketones is 1. The number of benzene rings is 2. The van der Waals surface area contributed by atoms with Crippen LogP contribution >= 0.6 is 0 Å². The molecule has 1 amide bonds. The molecule has 1 atom stereocenters. The third kappa shape index (κ3) is 3.90. The highest BCUT2D eigenvalue weighted by Crippen LogP contribution is 2.20. The summed E-state index contributed by atoms with van der Waals surface area (Å²) in [6.45, 7) is 0. The van der Waals surface area contributed by atoms with Crippen LogP contribution in [0.2, 0.25) is 0 Å². The molecule has 2 rings (SSSR count). The van der Waals surface area contributed by atoms with E-state index < -0.39 is 17.6 Å². The van der Waals surface area contributed by atoms with Crippen LogP contribution in [0.15, 0.2) is 48.5 Å². The molecule has 1 N–H and O–H groups in total. The van der Waals surface area contributed by atoms with Gasteiger partial charge in [0.05, 0.1) is 20.3 Å².